The first-order valence-electron chi connectivity index (χ1n) is 18.3. The molecule has 0 unspecified atom stereocenters. The van der Waals surface area contributed by atoms with Crippen molar-refractivity contribution in [1.82, 2.24) is 16.0 Å². The molecule has 58 heavy (non-hydrogen) atoms. The molecule has 5 rings (SSSR count). The van der Waals surface area contributed by atoms with Crippen molar-refractivity contribution in [1.29, 1.82) is 0 Å². The van der Waals surface area contributed by atoms with E-state index in [9.17, 15) is 28.8 Å². The molecule has 0 bridgehead atoms. The molecule has 0 aliphatic heterocycles. The lowest BCUT2D eigenvalue weighted by Gasteiger charge is -2.13. The van der Waals surface area contributed by atoms with Gasteiger partial charge in [0.05, 0.1) is 25.9 Å². The van der Waals surface area contributed by atoms with Gasteiger partial charge in [0.25, 0.3) is 0 Å². The van der Waals surface area contributed by atoms with Crippen LogP contribution in [0.5, 0.6) is 0 Å². The van der Waals surface area contributed by atoms with E-state index in [-0.39, 0.29) is 49.6 Å². The summed E-state index contributed by atoms with van der Waals surface area (Å²) in [7, 11) is 0. The van der Waals surface area contributed by atoms with Crippen LogP contribution >= 0.6 is 46.1 Å². The van der Waals surface area contributed by atoms with Gasteiger partial charge < -0.3 is 30.5 Å². The van der Waals surface area contributed by atoms with E-state index in [1.54, 1.807) is 74.5 Å². The molecule has 1 saturated carbocycles. The van der Waals surface area contributed by atoms with E-state index in [0.717, 1.165) is 34.4 Å². The largest absolute Gasteiger partial charge is 0.480 e. The van der Waals surface area contributed by atoms with Crippen LogP contribution in [0.15, 0.2) is 90.3 Å². The van der Waals surface area contributed by atoms with E-state index < -0.39 is 30.1 Å². The summed E-state index contributed by atoms with van der Waals surface area (Å²) in [6.07, 6.45) is 2.74. The molecule has 4 aromatic rings. The maximum absolute atomic E-state index is 11.9. The fraction of sp³-hybridized carbons (Fsp3) is 0.333. The van der Waals surface area contributed by atoms with Crippen molar-refractivity contribution in [3.8, 4) is 0 Å². The highest BCUT2D eigenvalue weighted by Gasteiger charge is 2.25. The topological polar surface area (TPSA) is 177 Å². The summed E-state index contributed by atoms with van der Waals surface area (Å²) in [5.41, 5.74) is 2.36. The summed E-state index contributed by atoms with van der Waals surface area (Å²) in [6.45, 7) is 5.34. The van der Waals surface area contributed by atoms with Crippen LogP contribution in [0.1, 0.15) is 55.2 Å². The van der Waals surface area contributed by atoms with E-state index in [0.29, 0.717) is 27.6 Å². The Labute approximate surface area is 356 Å². The molecule has 310 valence electrons. The van der Waals surface area contributed by atoms with E-state index in [1.807, 2.05) is 29.6 Å². The van der Waals surface area contributed by atoms with Gasteiger partial charge in [0.15, 0.2) is 0 Å². The predicted octanol–water partition coefficient (Wildman–Crippen LogP) is 7.00. The molecular formula is C42H46Cl3N3O9S. The Morgan fingerprint density at radius 2 is 1.05 bits per heavy atom. The van der Waals surface area contributed by atoms with Crippen molar-refractivity contribution >= 4 is 81.8 Å². The highest BCUT2D eigenvalue weighted by molar-refractivity contribution is 7.09. The van der Waals surface area contributed by atoms with Gasteiger partial charge in [0.1, 0.15) is 24.7 Å². The standard InChI is InChI=1S/C16H16ClNO3S.C15H18ClNO3.C11H12ClNO3/c1-11(16(20)21-10-14-6-3-7-22-14)18-15(19)9-12-4-2-5-13(17)8-12;1-10(15(19)20-9-11-5-6-11)17-14(18)8-12-3-2-4-13(16)7-12;1-7(11(15)16)13-10(14)6-8-3-2-4-9(12)5-8/h2-8,11H,9-10H2,1H3,(H,18,19);2-4,7,10-11H,5-6,8-9H2,1H3,(H,17,18);2-5,7H,6H2,1H3,(H,13,14)(H,15,16)/t11-;10-;7-/m000/s1. The van der Waals surface area contributed by atoms with Crippen LogP contribution in [-0.4, -0.2) is 65.5 Å². The second-order valence-corrected chi connectivity index (χ2v) is 15.7. The number of carboxylic acid groups (broad SMARTS) is 1. The number of benzene rings is 3. The van der Waals surface area contributed by atoms with Crippen LogP contribution in [0.4, 0.5) is 0 Å². The SMILES string of the molecule is C[C@H](NC(=O)Cc1cccc(Cl)c1)C(=O)O.C[C@H](NC(=O)Cc1cccc(Cl)c1)C(=O)OCC1CC1.C[C@H](NC(=O)Cc1cccc(Cl)c1)C(=O)OCc1cccs1. The lowest BCUT2D eigenvalue weighted by molar-refractivity contribution is -0.148. The number of hydrogen-bond donors (Lipinski definition) is 4. The van der Waals surface area contributed by atoms with Gasteiger partial charge in [-0.2, -0.15) is 0 Å². The molecule has 0 radical (unpaired) electrons. The molecule has 1 heterocycles. The predicted molar refractivity (Wildman–Crippen MR) is 224 cm³/mol. The van der Waals surface area contributed by atoms with Crippen molar-refractivity contribution in [2.24, 2.45) is 5.92 Å². The normalized spacial score (nSPS) is 13.1. The first-order chi connectivity index (χ1) is 27.6. The van der Waals surface area contributed by atoms with Crippen molar-refractivity contribution in [2.75, 3.05) is 6.61 Å². The number of nitrogens with one attached hydrogen (secondary N) is 3. The average molecular weight is 875 g/mol. The van der Waals surface area contributed by atoms with Gasteiger partial charge in [-0.25, -0.2) is 9.59 Å². The van der Waals surface area contributed by atoms with Crippen molar-refractivity contribution in [3.63, 3.8) is 0 Å². The third-order valence-corrected chi connectivity index (χ3v) is 9.62. The third kappa shape index (κ3) is 19.5. The van der Waals surface area contributed by atoms with Gasteiger partial charge in [-0.05, 0) is 104 Å². The number of amides is 3. The second-order valence-electron chi connectivity index (χ2n) is 13.4. The fourth-order valence-electron chi connectivity index (χ4n) is 4.83. The number of esters is 2. The summed E-state index contributed by atoms with van der Waals surface area (Å²) < 4.78 is 10.3. The Bertz CT molecular complexity index is 1990. The zero-order valence-corrected chi connectivity index (χ0v) is 35.3. The average Bonchev–Trinajstić information content (AvgIpc) is 3.84. The highest BCUT2D eigenvalue weighted by Crippen LogP contribution is 2.28. The zero-order chi connectivity index (χ0) is 42.6. The Kier molecular flexibility index (Phi) is 20.2. The molecule has 12 nitrogen and oxygen atoms in total. The number of hydrogen-bond acceptors (Lipinski definition) is 9. The lowest BCUT2D eigenvalue weighted by atomic mass is 10.1. The number of aliphatic carboxylic acids is 1. The third-order valence-electron chi connectivity index (χ3n) is 8.07. The van der Waals surface area contributed by atoms with Gasteiger partial charge in [-0.15, -0.1) is 11.3 Å². The molecule has 16 heteroatoms. The van der Waals surface area contributed by atoms with Crippen LogP contribution in [0.2, 0.25) is 15.1 Å². The van der Waals surface area contributed by atoms with Crippen molar-refractivity contribution in [3.05, 3.63) is 127 Å². The number of thiophene rings is 1. The molecule has 4 N–H and O–H groups in total. The van der Waals surface area contributed by atoms with Crippen LogP contribution in [0.3, 0.4) is 0 Å². The molecule has 0 spiro atoms. The molecule has 1 aliphatic rings. The lowest BCUT2D eigenvalue weighted by Crippen LogP contribution is -2.40. The van der Waals surface area contributed by atoms with Gasteiger partial charge in [-0.1, -0.05) is 77.3 Å². The smallest absolute Gasteiger partial charge is 0.328 e. The van der Waals surface area contributed by atoms with Crippen LogP contribution in [-0.2, 0) is 64.1 Å². The molecule has 1 fully saturated rings. The van der Waals surface area contributed by atoms with Crippen molar-refractivity contribution in [2.45, 2.75) is 77.6 Å². The van der Waals surface area contributed by atoms with Crippen LogP contribution in [0.25, 0.3) is 0 Å². The minimum Gasteiger partial charge on any atom is -0.480 e. The monoisotopic (exact) mass is 873 g/mol. The minimum absolute atomic E-state index is 0.123. The summed E-state index contributed by atoms with van der Waals surface area (Å²) in [5, 5.41) is 19.9. The van der Waals surface area contributed by atoms with Crippen molar-refractivity contribution < 1.29 is 43.3 Å². The molecule has 3 aromatic carbocycles. The minimum atomic E-state index is -1.06. The van der Waals surface area contributed by atoms with Crippen LogP contribution < -0.4 is 16.0 Å². The Morgan fingerprint density at radius 3 is 1.41 bits per heavy atom. The maximum atomic E-state index is 11.9. The summed E-state index contributed by atoms with van der Waals surface area (Å²) in [6, 6.07) is 22.6. The van der Waals surface area contributed by atoms with E-state index in [2.05, 4.69) is 16.0 Å². The van der Waals surface area contributed by atoms with E-state index in [1.165, 1.54) is 18.3 Å². The Balaban J connectivity index is 0.000000236. The van der Waals surface area contributed by atoms with Gasteiger partial charge >= 0.3 is 17.9 Å². The zero-order valence-electron chi connectivity index (χ0n) is 32.2. The molecular weight excluding hydrogens is 829 g/mol. The number of carbonyl (C=O) groups is 6. The quantitative estimate of drug-likeness (QED) is 0.0864. The second kappa shape index (κ2) is 24.7. The molecule has 1 aliphatic carbocycles. The Hall–Kier alpha value is -4.95. The summed E-state index contributed by atoms with van der Waals surface area (Å²) >= 11 is 19.0. The fourth-order valence-corrected chi connectivity index (χ4v) is 6.08. The molecule has 0 saturated heterocycles. The van der Waals surface area contributed by atoms with E-state index in [4.69, 9.17) is 49.4 Å². The maximum Gasteiger partial charge on any atom is 0.328 e. The number of ether oxygens (including phenoxy) is 2. The first kappa shape index (κ1) is 47.4. The van der Waals surface area contributed by atoms with Gasteiger partial charge in [0, 0.05) is 19.9 Å². The Morgan fingerprint density at radius 1 is 0.638 bits per heavy atom. The number of carbonyl (C=O) groups excluding carboxylic acids is 5. The van der Waals surface area contributed by atoms with E-state index >= 15 is 0 Å². The molecule has 1 aromatic heterocycles. The number of halogens is 3. The van der Waals surface area contributed by atoms with Gasteiger partial charge in [0.2, 0.25) is 17.7 Å². The number of rotatable bonds is 16. The molecule has 3 atom stereocenters. The molecule has 3 amide bonds. The summed E-state index contributed by atoms with van der Waals surface area (Å²) in [5.74, 6) is -2.17. The number of carboxylic acids is 1. The van der Waals surface area contributed by atoms with Gasteiger partial charge in [-0.3, -0.25) is 19.2 Å². The highest BCUT2D eigenvalue weighted by atomic mass is 35.5. The summed E-state index contributed by atoms with van der Waals surface area (Å²) in [4.78, 5) is 70.1. The first-order valence-corrected chi connectivity index (χ1v) is 20.3. The van der Waals surface area contributed by atoms with Crippen LogP contribution in [0, 0.1) is 5.92 Å².